The van der Waals surface area contributed by atoms with E-state index < -0.39 is 16.7 Å². The van der Waals surface area contributed by atoms with Gasteiger partial charge in [0.25, 0.3) is 5.69 Å². The normalized spacial score (nSPS) is 18.6. The van der Waals surface area contributed by atoms with Crippen LogP contribution >= 0.6 is 34.4 Å². The summed E-state index contributed by atoms with van der Waals surface area (Å²) in [5.74, 6) is -0.234. The van der Waals surface area contributed by atoms with Gasteiger partial charge < -0.3 is 10.0 Å². The smallest absolute Gasteiger partial charge is 0.305 e. The summed E-state index contributed by atoms with van der Waals surface area (Å²) in [4.78, 5) is 23.2. The van der Waals surface area contributed by atoms with Gasteiger partial charge >= 0.3 is 5.97 Å². The second-order valence-corrected chi connectivity index (χ2v) is 6.84. The molecule has 1 atom stereocenters. The van der Waals surface area contributed by atoms with Crippen LogP contribution in [0.2, 0.25) is 0 Å². The number of carbonyl (C=O) groups is 1. The van der Waals surface area contributed by atoms with Gasteiger partial charge in [0.2, 0.25) is 0 Å². The maximum atomic E-state index is 13.8. The Bertz CT molecular complexity index is 587. The summed E-state index contributed by atoms with van der Waals surface area (Å²) in [5, 5.41) is 20.2. The van der Waals surface area contributed by atoms with Crippen LogP contribution in [0.5, 0.6) is 0 Å². The van der Waals surface area contributed by atoms with Crippen molar-refractivity contribution in [2.24, 2.45) is 0 Å². The van der Waals surface area contributed by atoms with Crippen LogP contribution in [0.3, 0.4) is 0 Å². The molecule has 114 valence electrons. The molecule has 1 aromatic rings. The summed E-state index contributed by atoms with van der Waals surface area (Å²) in [6.07, 6.45) is -0.127. The number of anilines is 1. The SMILES string of the molecule is O=C(O)CC1CSCCN1c1cc(F)c(I)cc1[N+](=O)[O-]. The summed E-state index contributed by atoms with van der Waals surface area (Å²) in [7, 11) is 0. The van der Waals surface area contributed by atoms with Crippen LogP contribution in [0.4, 0.5) is 15.8 Å². The van der Waals surface area contributed by atoms with E-state index in [4.69, 9.17) is 5.11 Å². The quantitative estimate of drug-likeness (QED) is 0.453. The standard InChI is InChI=1S/C12H12FIN2O4S/c13-8-4-10(11(16(19)20)5-9(8)14)15-1-2-21-6-7(15)3-12(17)18/h4-5,7H,1-3,6H2,(H,17,18). The third-order valence-electron chi connectivity index (χ3n) is 3.16. The van der Waals surface area contributed by atoms with Crippen LogP contribution in [0.25, 0.3) is 0 Å². The van der Waals surface area contributed by atoms with Crippen molar-refractivity contribution in [2.75, 3.05) is 23.0 Å². The first-order valence-electron chi connectivity index (χ1n) is 6.09. The lowest BCUT2D eigenvalue weighted by Crippen LogP contribution is -2.44. The van der Waals surface area contributed by atoms with Gasteiger partial charge in [-0.25, -0.2) is 4.39 Å². The van der Waals surface area contributed by atoms with E-state index in [2.05, 4.69) is 0 Å². The van der Waals surface area contributed by atoms with Crippen molar-refractivity contribution in [3.05, 3.63) is 31.6 Å². The van der Waals surface area contributed by atoms with Crippen molar-refractivity contribution < 1.29 is 19.2 Å². The van der Waals surface area contributed by atoms with Gasteiger partial charge in [0.05, 0.1) is 14.9 Å². The number of aliphatic carboxylic acids is 1. The van der Waals surface area contributed by atoms with Gasteiger partial charge in [-0.05, 0) is 22.6 Å². The number of hydrogen-bond acceptors (Lipinski definition) is 5. The maximum Gasteiger partial charge on any atom is 0.305 e. The largest absolute Gasteiger partial charge is 0.481 e. The minimum absolute atomic E-state index is 0.127. The van der Waals surface area contributed by atoms with Gasteiger partial charge in [-0.2, -0.15) is 11.8 Å². The lowest BCUT2D eigenvalue weighted by molar-refractivity contribution is -0.384. The molecular weight excluding hydrogens is 414 g/mol. The number of nitro groups is 1. The third-order valence-corrected chi connectivity index (χ3v) is 5.08. The molecule has 1 saturated heterocycles. The molecule has 1 aliphatic heterocycles. The molecule has 1 heterocycles. The van der Waals surface area contributed by atoms with Gasteiger partial charge in [0, 0.05) is 36.2 Å². The first-order valence-corrected chi connectivity index (χ1v) is 8.33. The summed E-state index contributed by atoms with van der Waals surface area (Å²) in [6.45, 7) is 0.462. The van der Waals surface area contributed by atoms with Gasteiger partial charge in [0.1, 0.15) is 11.5 Å². The van der Waals surface area contributed by atoms with Crippen molar-refractivity contribution in [1.82, 2.24) is 0 Å². The molecule has 2 rings (SSSR count). The maximum absolute atomic E-state index is 13.8. The van der Waals surface area contributed by atoms with E-state index in [0.717, 1.165) is 11.8 Å². The topological polar surface area (TPSA) is 83.7 Å². The fraction of sp³-hybridized carbons (Fsp3) is 0.417. The molecule has 21 heavy (non-hydrogen) atoms. The van der Waals surface area contributed by atoms with E-state index in [-0.39, 0.29) is 27.4 Å². The lowest BCUT2D eigenvalue weighted by Gasteiger charge is -2.36. The summed E-state index contributed by atoms with van der Waals surface area (Å²) >= 11 is 3.29. The molecule has 0 bridgehead atoms. The summed E-state index contributed by atoms with van der Waals surface area (Å²) in [6, 6.07) is 1.94. The molecule has 1 N–H and O–H groups in total. The Kier molecular flexibility index (Phi) is 5.25. The highest BCUT2D eigenvalue weighted by Crippen LogP contribution is 2.35. The van der Waals surface area contributed by atoms with Crippen molar-refractivity contribution in [3.8, 4) is 0 Å². The molecule has 0 saturated carbocycles. The molecule has 0 aromatic heterocycles. The average molecular weight is 426 g/mol. The molecule has 9 heteroatoms. The molecule has 1 unspecified atom stereocenters. The molecular formula is C12H12FIN2O4S. The highest BCUT2D eigenvalue weighted by atomic mass is 127. The van der Waals surface area contributed by atoms with Gasteiger partial charge in [-0.1, -0.05) is 0 Å². The zero-order chi connectivity index (χ0) is 15.6. The number of nitrogens with zero attached hydrogens (tertiary/aromatic N) is 2. The number of thioether (sulfide) groups is 1. The highest BCUT2D eigenvalue weighted by Gasteiger charge is 2.31. The molecule has 0 amide bonds. The number of nitro benzene ring substituents is 1. The summed E-state index contributed by atoms with van der Waals surface area (Å²) < 4.78 is 14.0. The number of carboxylic acid groups (broad SMARTS) is 1. The van der Waals surface area contributed by atoms with Gasteiger partial charge in [-0.3, -0.25) is 14.9 Å². The Morgan fingerprint density at radius 1 is 1.62 bits per heavy atom. The molecule has 6 nitrogen and oxygen atoms in total. The highest BCUT2D eigenvalue weighted by molar-refractivity contribution is 14.1. The zero-order valence-electron chi connectivity index (χ0n) is 10.8. The minimum Gasteiger partial charge on any atom is -0.481 e. The van der Waals surface area contributed by atoms with E-state index in [1.165, 1.54) is 6.07 Å². The van der Waals surface area contributed by atoms with Crippen molar-refractivity contribution >= 4 is 51.7 Å². The van der Waals surface area contributed by atoms with Crippen molar-refractivity contribution in [1.29, 1.82) is 0 Å². The first-order chi connectivity index (χ1) is 9.90. The number of hydrogen-bond donors (Lipinski definition) is 1. The Balaban J connectivity index is 2.44. The number of rotatable bonds is 4. The predicted molar refractivity (Wildman–Crippen MR) is 86.5 cm³/mol. The fourth-order valence-electron chi connectivity index (χ4n) is 2.24. The second kappa shape index (κ2) is 6.77. The van der Waals surface area contributed by atoms with E-state index >= 15 is 0 Å². The molecule has 0 radical (unpaired) electrons. The van der Waals surface area contributed by atoms with Crippen LogP contribution in [0.1, 0.15) is 6.42 Å². The Morgan fingerprint density at radius 3 is 2.95 bits per heavy atom. The Hall–Kier alpha value is -1.10. The lowest BCUT2D eigenvalue weighted by atomic mass is 10.1. The molecule has 1 aromatic carbocycles. The number of halogens is 2. The summed E-state index contributed by atoms with van der Waals surface area (Å²) in [5.41, 5.74) is -0.0347. The van der Waals surface area contributed by atoms with Crippen LogP contribution in [-0.4, -0.2) is 40.1 Å². The molecule has 1 aliphatic rings. The fourth-order valence-corrected chi connectivity index (χ4v) is 3.76. The zero-order valence-corrected chi connectivity index (χ0v) is 13.8. The monoisotopic (exact) mass is 426 g/mol. The minimum atomic E-state index is -0.971. The van der Waals surface area contributed by atoms with Gasteiger partial charge in [0.15, 0.2) is 0 Å². The Morgan fingerprint density at radius 2 is 2.33 bits per heavy atom. The van der Waals surface area contributed by atoms with E-state index in [9.17, 15) is 19.3 Å². The van der Waals surface area contributed by atoms with E-state index in [1.807, 2.05) is 0 Å². The van der Waals surface area contributed by atoms with Crippen molar-refractivity contribution in [3.63, 3.8) is 0 Å². The van der Waals surface area contributed by atoms with Gasteiger partial charge in [-0.15, -0.1) is 0 Å². The molecule has 1 fully saturated rings. The molecule has 0 aliphatic carbocycles. The first kappa shape index (κ1) is 16.3. The molecule has 0 spiro atoms. The van der Waals surface area contributed by atoms with Crippen LogP contribution in [-0.2, 0) is 4.79 Å². The van der Waals surface area contributed by atoms with Crippen molar-refractivity contribution in [2.45, 2.75) is 12.5 Å². The Labute approximate surface area is 138 Å². The van der Waals surface area contributed by atoms with E-state index in [1.54, 1.807) is 39.3 Å². The number of benzene rings is 1. The van der Waals surface area contributed by atoms with E-state index in [0.29, 0.717) is 12.3 Å². The number of carboxylic acids is 1. The third kappa shape index (κ3) is 3.76. The van der Waals surface area contributed by atoms with Crippen LogP contribution < -0.4 is 4.90 Å². The van der Waals surface area contributed by atoms with Crippen LogP contribution in [0, 0.1) is 19.5 Å². The average Bonchev–Trinajstić information content (AvgIpc) is 2.41. The predicted octanol–water partition coefficient (Wildman–Crippen LogP) is 2.74. The second-order valence-electron chi connectivity index (χ2n) is 4.53. The van der Waals surface area contributed by atoms with Crippen LogP contribution in [0.15, 0.2) is 12.1 Å².